The van der Waals surface area contributed by atoms with Crippen LogP contribution in [0.15, 0.2) is 89.9 Å². The van der Waals surface area contributed by atoms with Crippen molar-refractivity contribution in [3.8, 4) is 11.1 Å². The molecule has 6 rings (SSSR count). The van der Waals surface area contributed by atoms with Gasteiger partial charge in [0.25, 0.3) is 5.56 Å². The molecule has 8 nitrogen and oxygen atoms in total. The first kappa shape index (κ1) is 35.0. The normalized spacial score (nSPS) is 13.9. The molecule has 1 aliphatic heterocycles. The maximum Gasteiger partial charge on any atom is 0.282 e. The topological polar surface area (TPSA) is 80.6 Å². The summed E-state index contributed by atoms with van der Waals surface area (Å²) < 4.78 is 48.5. The number of hydrogen-bond acceptors (Lipinski definition) is 6. The first-order chi connectivity index (χ1) is 24.3. The summed E-state index contributed by atoms with van der Waals surface area (Å²) >= 11 is 0. The van der Waals surface area contributed by atoms with Crippen LogP contribution < -0.4 is 5.56 Å². The number of hydrogen-bond donors (Lipinski definition) is 0. The zero-order valence-electron chi connectivity index (χ0n) is 28.0. The summed E-state index contributed by atoms with van der Waals surface area (Å²) in [6, 6.07) is 22.6. The molecule has 5 aromatic rings. The molecule has 0 atom stereocenters. The number of carbonyl (C=O) groups is 1. The number of benzene rings is 3. The minimum atomic E-state index is -0.949. The van der Waals surface area contributed by atoms with Crippen molar-refractivity contribution in [2.75, 3.05) is 33.4 Å². The quantitative estimate of drug-likeness (QED) is 0.149. The Kier molecular flexibility index (Phi) is 11.3. The first-order valence-corrected chi connectivity index (χ1v) is 16.9. The maximum absolute atomic E-state index is 14.6. The van der Waals surface area contributed by atoms with Crippen molar-refractivity contribution in [2.45, 2.75) is 51.5 Å². The molecule has 1 amide bonds. The Morgan fingerprint density at radius 1 is 0.920 bits per heavy atom. The molecule has 0 saturated carbocycles. The van der Waals surface area contributed by atoms with Gasteiger partial charge in [-0.05, 0) is 65.3 Å². The number of rotatable bonds is 13. The van der Waals surface area contributed by atoms with Crippen LogP contribution in [0.3, 0.4) is 0 Å². The molecule has 2 aromatic heterocycles. The van der Waals surface area contributed by atoms with Crippen LogP contribution in [0.5, 0.6) is 0 Å². The van der Waals surface area contributed by atoms with Crippen LogP contribution in [0.25, 0.3) is 22.2 Å². The van der Waals surface area contributed by atoms with Gasteiger partial charge in [-0.2, -0.15) is 4.98 Å². The molecule has 0 N–H and O–H groups in total. The number of aromatic nitrogens is 3. The molecule has 3 heterocycles. The van der Waals surface area contributed by atoms with Crippen molar-refractivity contribution >= 4 is 16.9 Å². The Labute approximate surface area is 289 Å². The highest BCUT2D eigenvalue weighted by Crippen LogP contribution is 2.25. The molecule has 0 radical (unpaired) electrons. The molecular weight excluding hydrogens is 643 g/mol. The monoisotopic (exact) mass is 683 g/mol. The van der Waals surface area contributed by atoms with Crippen LogP contribution in [-0.4, -0.2) is 69.6 Å². The minimum Gasteiger partial charge on any atom is -0.383 e. The zero-order valence-corrected chi connectivity index (χ0v) is 28.0. The van der Waals surface area contributed by atoms with E-state index in [9.17, 15) is 22.8 Å². The first-order valence-electron chi connectivity index (χ1n) is 16.9. The highest BCUT2D eigenvalue weighted by molar-refractivity contribution is 5.80. The molecular formula is C39H40F3N5O3. The van der Waals surface area contributed by atoms with E-state index in [1.165, 1.54) is 12.1 Å². The lowest BCUT2D eigenvalue weighted by Gasteiger charge is -2.39. The van der Waals surface area contributed by atoms with Gasteiger partial charge >= 0.3 is 0 Å². The largest absolute Gasteiger partial charge is 0.383 e. The number of ether oxygens (including phenoxy) is 1. The fourth-order valence-electron chi connectivity index (χ4n) is 6.59. The number of amides is 1. The number of alkyl halides is 1. The Morgan fingerprint density at radius 2 is 1.62 bits per heavy atom. The van der Waals surface area contributed by atoms with Crippen LogP contribution in [-0.2, 0) is 42.1 Å². The molecule has 0 unspecified atom stereocenters. The van der Waals surface area contributed by atoms with Gasteiger partial charge in [-0.1, -0.05) is 60.7 Å². The fourth-order valence-corrected chi connectivity index (χ4v) is 6.59. The lowest BCUT2D eigenvalue weighted by molar-refractivity contribution is -0.136. The number of piperidine rings is 1. The Morgan fingerprint density at radius 3 is 2.30 bits per heavy atom. The average Bonchev–Trinajstić information content (AvgIpc) is 3.15. The van der Waals surface area contributed by atoms with E-state index in [1.54, 1.807) is 42.1 Å². The Hall–Kier alpha value is -4.87. The van der Waals surface area contributed by atoms with Crippen molar-refractivity contribution in [1.82, 2.24) is 24.3 Å². The van der Waals surface area contributed by atoms with E-state index in [0.29, 0.717) is 24.4 Å². The summed E-state index contributed by atoms with van der Waals surface area (Å²) in [7, 11) is 1.69. The van der Waals surface area contributed by atoms with Crippen LogP contribution in [0.2, 0.25) is 0 Å². The highest BCUT2D eigenvalue weighted by atomic mass is 19.2. The van der Waals surface area contributed by atoms with Crippen LogP contribution in [0, 0.1) is 11.6 Å². The molecule has 11 heteroatoms. The van der Waals surface area contributed by atoms with E-state index in [-0.39, 0.29) is 48.1 Å². The Balaban J connectivity index is 1.29. The van der Waals surface area contributed by atoms with Gasteiger partial charge in [0.05, 0.1) is 12.0 Å². The Bertz CT molecular complexity index is 1980. The second kappa shape index (κ2) is 16.2. The van der Waals surface area contributed by atoms with Crippen molar-refractivity contribution in [3.63, 3.8) is 0 Å². The van der Waals surface area contributed by atoms with Gasteiger partial charge in [-0.3, -0.25) is 9.59 Å². The molecule has 260 valence electrons. The van der Waals surface area contributed by atoms with E-state index in [0.717, 1.165) is 55.2 Å². The average molecular weight is 684 g/mol. The molecule has 1 saturated heterocycles. The highest BCUT2D eigenvalue weighted by Gasteiger charge is 2.29. The lowest BCUT2D eigenvalue weighted by atomic mass is 10.00. The van der Waals surface area contributed by atoms with Crippen molar-refractivity contribution in [2.24, 2.45) is 0 Å². The summed E-state index contributed by atoms with van der Waals surface area (Å²) in [5.41, 5.74) is 3.51. The van der Waals surface area contributed by atoms with Gasteiger partial charge < -0.3 is 19.1 Å². The number of aryl methyl sites for hydroxylation is 2. The van der Waals surface area contributed by atoms with E-state index in [2.05, 4.69) is 14.9 Å². The minimum absolute atomic E-state index is 0.0365. The summed E-state index contributed by atoms with van der Waals surface area (Å²) in [5, 5.41) is 0.272. The van der Waals surface area contributed by atoms with Crippen molar-refractivity contribution in [1.29, 1.82) is 0 Å². The van der Waals surface area contributed by atoms with Crippen LogP contribution in [0.1, 0.15) is 35.4 Å². The number of halogens is 3. The summed E-state index contributed by atoms with van der Waals surface area (Å²) in [6.45, 7) is 2.82. The lowest BCUT2D eigenvalue weighted by Crippen LogP contribution is -2.48. The van der Waals surface area contributed by atoms with E-state index >= 15 is 0 Å². The van der Waals surface area contributed by atoms with Gasteiger partial charge in [0.2, 0.25) is 5.91 Å². The van der Waals surface area contributed by atoms with E-state index < -0.39 is 23.9 Å². The molecule has 1 fully saturated rings. The van der Waals surface area contributed by atoms with E-state index in [4.69, 9.17) is 4.74 Å². The molecule has 0 bridgehead atoms. The number of carbonyl (C=O) groups excluding carboxylic acids is 1. The fraction of sp³-hybridized carbons (Fsp3) is 0.333. The summed E-state index contributed by atoms with van der Waals surface area (Å²) in [6.07, 6.45) is 3.29. The SMILES string of the molecule is COCCN1CCC(N(Cc2ccc(-c3ccc(CF)cc3)cc2)C(=O)Cn2c(CCc3cccc(F)c3F)nc(=O)c3cccnc32)CC1. The van der Waals surface area contributed by atoms with Crippen molar-refractivity contribution < 1.29 is 22.7 Å². The molecule has 0 aliphatic carbocycles. The predicted molar refractivity (Wildman–Crippen MR) is 186 cm³/mol. The molecule has 0 spiro atoms. The maximum atomic E-state index is 14.6. The number of fused-ring (bicyclic) bond motifs is 1. The predicted octanol–water partition coefficient (Wildman–Crippen LogP) is 6.13. The van der Waals surface area contributed by atoms with E-state index in [1.807, 2.05) is 41.3 Å². The summed E-state index contributed by atoms with van der Waals surface area (Å²) in [4.78, 5) is 40.5. The number of pyridine rings is 1. The van der Waals surface area contributed by atoms with Crippen LogP contribution >= 0.6 is 0 Å². The second-order valence-corrected chi connectivity index (χ2v) is 12.6. The standard InChI is InChI=1S/C39H40F3N5O3/c1-50-23-22-45-20-17-32(18-21-45)46(25-28-9-13-30(14-10-28)29-11-7-27(24-40)8-12-29)36(48)26-47-35(16-15-31-4-2-6-34(41)37(31)42)44-39(49)33-5-3-19-43-38(33)47/h2-14,19,32H,15-18,20-26H2,1H3. The number of likely N-dealkylation sites (tertiary alicyclic amines) is 1. The molecule has 50 heavy (non-hydrogen) atoms. The van der Waals surface area contributed by atoms with Gasteiger partial charge in [-0.25, -0.2) is 18.2 Å². The molecule has 1 aliphatic rings. The third-order valence-electron chi connectivity index (χ3n) is 9.44. The van der Waals surface area contributed by atoms with Gasteiger partial charge in [-0.15, -0.1) is 0 Å². The zero-order chi connectivity index (χ0) is 35.0. The second-order valence-electron chi connectivity index (χ2n) is 12.6. The third-order valence-corrected chi connectivity index (χ3v) is 9.44. The summed E-state index contributed by atoms with van der Waals surface area (Å²) in [5.74, 6) is -1.78. The van der Waals surface area contributed by atoms with Crippen LogP contribution in [0.4, 0.5) is 13.2 Å². The number of nitrogens with zero attached hydrogens (tertiary/aromatic N) is 5. The molecule has 3 aromatic carbocycles. The van der Waals surface area contributed by atoms with Gasteiger partial charge in [0.1, 0.15) is 24.7 Å². The van der Waals surface area contributed by atoms with Crippen molar-refractivity contribution in [3.05, 3.63) is 130 Å². The van der Waals surface area contributed by atoms with Gasteiger partial charge in [0, 0.05) is 51.9 Å². The number of methoxy groups -OCH3 is 1. The third kappa shape index (κ3) is 8.11. The van der Waals surface area contributed by atoms with Gasteiger partial charge in [0.15, 0.2) is 11.6 Å². The smallest absolute Gasteiger partial charge is 0.282 e.